The van der Waals surface area contributed by atoms with Gasteiger partial charge in [-0.1, -0.05) is 19.6 Å². The Kier molecular flexibility index (Phi) is 7.50. The van der Waals surface area contributed by atoms with Crippen molar-refractivity contribution < 1.29 is 18.5 Å². The van der Waals surface area contributed by atoms with Gasteiger partial charge >= 0.3 is 5.97 Å². The van der Waals surface area contributed by atoms with E-state index in [1.54, 1.807) is 42.5 Å². The molecule has 10 heteroatoms. The van der Waals surface area contributed by atoms with Crippen LogP contribution < -0.4 is 0 Å². The Balaban J connectivity index is 1.93. The van der Waals surface area contributed by atoms with E-state index < -0.39 is 23.8 Å². The number of benzene rings is 1. The monoisotopic (exact) mass is 490 g/mol. The van der Waals surface area contributed by atoms with Crippen LogP contribution in [0.25, 0.3) is 10.9 Å². The molecule has 2 heterocycles. The molecule has 0 bridgehead atoms. The minimum atomic E-state index is -2.95. The molecule has 0 spiro atoms. The van der Waals surface area contributed by atoms with Crippen molar-refractivity contribution in [3.8, 4) is 0 Å². The predicted octanol–water partition coefficient (Wildman–Crippen LogP) is 4.69. The molecular weight excluding hydrogens is 456 g/mol. The largest absolute Gasteiger partial charge is 0.461 e. The molecule has 0 radical (unpaired) electrons. The zero-order chi connectivity index (χ0) is 24.4. The highest BCUT2D eigenvalue weighted by molar-refractivity contribution is 7.93. The SMILES string of the molecule is CCOC(=O)c1cc(S(=O)(=NC)c2ccc3c(cnn3COCC[Si](C)(C)C)c2)c(C)n1C. The third kappa shape index (κ3) is 5.23. The molecule has 1 unspecified atom stereocenters. The topological polar surface area (TPSA) is 87.7 Å². The van der Waals surface area contributed by atoms with E-state index in [2.05, 4.69) is 29.1 Å². The zero-order valence-corrected chi connectivity index (χ0v) is 22.4. The lowest BCUT2D eigenvalue weighted by Gasteiger charge is -2.15. The normalized spacial score (nSPS) is 13.8. The van der Waals surface area contributed by atoms with Gasteiger partial charge in [0.2, 0.25) is 0 Å². The van der Waals surface area contributed by atoms with Crippen LogP contribution in [-0.2, 0) is 33.0 Å². The summed E-state index contributed by atoms with van der Waals surface area (Å²) in [5, 5.41) is 5.30. The molecule has 0 fully saturated rings. The predicted molar refractivity (Wildman–Crippen MR) is 133 cm³/mol. The quantitative estimate of drug-likeness (QED) is 0.247. The summed E-state index contributed by atoms with van der Waals surface area (Å²) in [6.45, 7) is 11.9. The van der Waals surface area contributed by atoms with Crippen molar-refractivity contribution in [2.75, 3.05) is 20.3 Å². The number of rotatable bonds is 9. The van der Waals surface area contributed by atoms with Gasteiger partial charge in [0.1, 0.15) is 22.2 Å². The molecule has 0 amide bonds. The van der Waals surface area contributed by atoms with Gasteiger partial charge in [-0.25, -0.2) is 18.0 Å². The van der Waals surface area contributed by atoms with Gasteiger partial charge in [-0.2, -0.15) is 5.10 Å². The number of carbonyl (C=O) groups is 1. The minimum absolute atomic E-state index is 0.272. The van der Waals surface area contributed by atoms with Gasteiger partial charge in [0, 0.05) is 39.9 Å². The molecule has 33 heavy (non-hydrogen) atoms. The van der Waals surface area contributed by atoms with Crippen LogP contribution in [0, 0.1) is 6.92 Å². The smallest absolute Gasteiger partial charge is 0.354 e. The van der Waals surface area contributed by atoms with Crippen LogP contribution in [0.5, 0.6) is 0 Å². The summed E-state index contributed by atoms with van der Waals surface area (Å²) in [7, 11) is -0.796. The van der Waals surface area contributed by atoms with Crippen molar-refractivity contribution in [2.45, 2.75) is 56.1 Å². The van der Waals surface area contributed by atoms with E-state index in [-0.39, 0.29) is 6.61 Å². The minimum Gasteiger partial charge on any atom is -0.461 e. The van der Waals surface area contributed by atoms with E-state index in [1.165, 1.54) is 0 Å². The van der Waals surface area contributed by atoms with Crippen LogP contribution in [0.3, 0.4) is 0 Å². The summed E-state index contributed by atoms with van der Waals surface area (Å²) >= 11 is 0. The van der Waals surface area contributed by atoms with Gasteiger partial charge in [-0.3, -0.25) is 0 Å². The number of hydrogen-bond acceptors (Lipinski definition) is 6. The van der Waals surface area contributed by atoms with Crippen LogP contribution in [0.2, 0.25) is 25.7 Å². The van der Waals surface area contributed by atoms with Gasteiger partial charge in [0.25, 0.3) is 0 Å². The second-order valence-electron chi connectivity index (χ2n) is 9.18. The van der Waals surface area contributed by atoms with Crippen LogP contribution in [0.15, 0.2) is 44.6 Å². The Morgan fingerprint density at radius 1 is 1.24 bits per heavy atom. The summed E-state index contributed by atoms with van der Waals surface area (Å²) in [5.41, 5.74) is 1.96. The van der Waals surface area contributed by atoms with Crippen molar-refractivity contribution in [1.29, 1.82) is 0 Å². The fourth-order valence-corrected chi connectivity index (χ4v) is 6.32. The van der Waals surface area contributed by atoms with E-state index in [9.17, 15) is 9.00 Å². The number of fused-ring (bicyclic) bond motifs is 1. The third-order valence-corrected chi connectivity index (χ3v) is 9.79. The molecule has 0 aliphatic rings. The molecule has 3 rings (SSSR count). The van der Waals surface area contributed by atoms with Crippen LogP contribution in [-0.4, -0.2) is 52.9 Å². The highest BCUT2D eigenvalue weighted by Gasteiger charge is 2.25. The van der Waals surface area contributed by atoms with Gasteiger partial charge < -0.3 is 14.0 Å². The lowest BCUT2D eigenvalue weighted by atomic mass is 10.2. The molecule has 3 aromatic rings. The second kappa shape index (κ2) is 9.82. The molecule has 1 atom stereocenters. The Bertz CT molecular complexity index is 1280. The summed E-state index contributed by atoms with van der Waals surface area (Å²) in [6, 6.07) is 8.29. The molecule has 0 N–H and O–H groups in total. The van der Waals surface area contributed by atoms with E-state index in [4.69, 9.17) is 9.47 Å². The average Bonchev–Trinajstić information content (AvgIpc) is 3.31. The fourth-order valence-electron chi connectivity index (χ4n) is 3.55. The number of esters is 1. The van der Waals surface area contributed by atoms with E-state index in [0.717, 1.165) is 16.9 Å². The third-order valence-electron chi connectivity index (χ3n) is 5.67. The van der Waals surface area contributed by atoms with Crippen molar-refractivity contribution in [1.82, 2.24) is 14.3 Å². The standard InChI is InChI=1S/C23H34N4O4SSi/c1-8-31-23(28)21-14-22(17(2)26(21)4)32(29,24-3)19-9-10-20-18(13-19)15-25-27(20)16-30-11-12-33(5,6)7/h9-10,13-15H,8,11-12,16H2,1-7H3. The number of hydrogen-bond donors (Lipinski definition) is 0. The maximum absolute atomic E-state index is 14.1. The Labute approximate surface area is 197 Å². The van der Waals surface area contributed by atoms with Crippen molar-refractivity contribution >= 4 is 34.7 Å². The maximum atomic E-state index is 14.1. The second-order valence-corrected chi connectivity index (χ2v) is 17.1. The molecule has 1 aromatic carbocycles. The Morgan fingerprint density at radius 3 is 2.61 bits per heavy atom. The van der Waals surface area contributed by atoms with Gasteiger partial charge in [-0.05, 0) is 44.2 Å². The van der Waals surface area contributed by atoms with E-state index in [0.29, 0.717) is 34.5 Å². The van der Waals surface area contributed by atoms with Crippen LogP contribution in [0.1, 0.15) is 23.1 Å². The van der Waals surface area contributed by atoms with Crippen LogP contribution in [0.4, 0.5) is 0 Å². The first-order valence-corrected chi connectivity index (χ1v) is 16.3. The first-order chi connectivity index (χ1) is 15.5. The van der Waals surface area contributed by atoms with Crippen molar-refractivity contribution in [3.05, 3.63) is 41.9 Å². The van der Waals surface area contributed by atoms with E-state index >= 15 is 0 Å². The molecule has 8 nitrogen and oxygen atoms in total. The molecule has 2 aromatic heterocycles. The summed E-state index contributed by atoms with van der Waals surface area (Å²) in [4.78, 5) is 13.4. The molecule has 0 saturated carbocycles. The number of carbonyl (C=O) groups excluding carboxylic acids is 1. The average molecular weight is 491 g/mol. The van der Waals surface area contributed by atoms with Gasteiger partial charge in [-0.15, -0.1) is 0 Å². The summed E-state index contributed by atoms with van der Waals surface area (Å²) in [5.74, 6) is -0.446. The van der Waals surface area contributed by atoms with Gasteiger partial charge in [0.05, 0.1) is 28.1 Å². The lowest BCUT2D eigenvalue weighted by Crippen LogP contribution is -2.22. The van der Waals surface area contributed by atoms with Crippen LogP contribution >= 0.6 is 0 Å². The molecule has 0 aliphatic carbocycles. The summed E-state index contributed by atoms with van der Waals surface area (Å²) in [6.07, 6.45) is 1.75. The molecule has 0 saturated heterocycles. The molecular formula is C23H34N4O4SSi. The first kappa shape index (κ1) is 25.2. The number of ether oxygens (including phenoxy) is 2. The molecule has 0 aliphatic heterocycles. The van der Waals surface area contributed by atoms with Gasteiger partial charge in [0.15, 0.2) is 0 Å². The lowest BCUT2D eigenvalue weighted by molar-refractivity contribution is 0.0515. The highest BCUT2D eigenvalue weighted by Crippen LogP contribution is 2.31. The number of aromatic nitrogens is 3. The first-order valence-electron chi connectivity index (χ1n) is 11.0. The van der Waals surface area contributed by atoms with E-state index in [1.807, 2.05) is 25.1 Å². The summed E-state index contributed by atoms with van der Waals surface area (Å²) < 4.78 is 32.9. The Morgan fingerprint density at radius 2 is 1.97 bits per heavy atom. The highest BCUT2D eigenvalue weighted by atomic mass is 32.2. The zero-order valence-electron chi connectivity index (χ0n) is 20.5. The maximum Gasteiger partial charge on any atom is 0.354 e. The fraction of sp³-hybridized carbons (Fsp3) is 0.478. The van der Waals surface area contributed by atoms with Crippen molar-refractivity contribution in [2.24, 2.45) is 11.4 Å². The number of nitrogens with zero attached hydrogens (tertiary/aromatic N) is 4. The Hall–Kier alpha value is -2.43. The van der Waals surface area contributed by atoms with Crippen molar-refractivity contribution in [3.63, 3.8) is 0 Å². The molecule has 180 valence electrons.